The monoisotopic (exact) mass is 331 g/mol. The van der Waals surface area contributed by atoms with Gasteiger partial charge in [-0.2, -0.15) is 0 Å². The zero-order valence-corrected chi connectivity index (χ0v) is 13.6. The largest absolute Gasteiger partial charge is 0.484 e. The van der Waals surface area contributed by atoms with Crippen molar-refractivity contribution in [1.82, 2.24) is 4.90 Å². The Morgan fingerprint density at radius 1 is 1.43 bits per heavy atom. The molecule has 6 heteroatoms. The van der Waals surface area contributed by atoms with E-state index in [1.54, 1.807) is 36.9 Å². The van der Waals surface area contributed by atoms with Gasteiger partial charge in [-0.15, -0.1) is 0 Å². The summed E-state index contributed by atoms with van der Waals surface area (Å²) in [5, 5.41) is 10.9. The van der Waals surface area contributed by atoms with Crippen LogP contribution in [-0.2, 0) is 4.79 Å². The van der Waals surface area contributed by atoms with Gasteiger partial charge in [-0.1, -0.05) is 23.2 Å². The van der Waals surface area contributed by atoms with Gasteiger partial charge in [-0.25, -0.2) is 0 Å². The molecule has 1 unspecified atom stereocenters. The first-order valence-electron chi connectivity index (χ1n) is 6.89. The molecule has 1 atom stereocenters. The van der Waals surface area contributed by atoms with Crippen LogP contribution in [0.3, 0.4) is 0 Å². The van der Waals surface area contributed by atoms with Gasteiger partial charge in [0.25, 0.3) is 5.91 Å². The molecule has 116 valence electrons. The van der Waals surface area contributed by atoms with Gasteiger partial charge in [0.2, 0.25) is 0 Å². The molecule has 1 aliphatic heterocycles. The van der Waals surface area contributed by atoms with Crippen molar-refractivity contribution in [3.8, 4) is 5.75 Å². The molecule has 0 radical (unpaired) electrons. The van der Waals surface area contributed by atoms with Crippen molar-refractivity contribution in [1.29, 1.82) is 0 Å². The number of amides is 1. The summed E-state index contributed by atoms with van der Waals surface area (Å²) >= 11 is 11.7. The number of hydrogen-bond acceptors (Lipinski definition) is 3. The SMILES string of the molecule is CC(C)(O)C1CCCN1C(=O)COc1ccc(Cl)c(Cl)c1. The van der Waals surface area contributed by atoms with E-state index in [1.807, 2.05) is 0 Å². The summed E-state index contributed by atoms with van der Waals surface area (Å²) in [6.07, 6.45) is 1.70. The van der Waals surface area contributed by atoms with E-state index in [9.17, 15) is 9.90 Å². The fourth-order valence-corrected chi connectivity index (χ4v) is 2.88. The number of carbonyl (C=O) groups is 1. The number of aliphatic hydroxyl groups is 1. The molecule has 21 heavy (non-hydrogen) atoms. The molecule has 1 N–H and O–H groups in total. The zero-order valence-electron chi connectivity index (χ0n) is 12.1. The molecular weight excluding hydrogens is 313 g/mol. The van der Waals surface area contributed by atoms with Crippen molar-refractivity contribution in [2.75, 3.05) is 13.2 Å². The van der Waals surface area contributed by atoms with Crippen molar-refractivity contribution in [2.45, 2.75) is 38.3 Å². The van der Waals surface area contributed by atoms with Gasteiger partial charge in [-0.05, 0) is 38.8 Å². The third kappa shape index (κ3) is 4.02. The highest BCUT2D eigenvalue weighted by molar-refractivity contribution is 6.42. The van der Waals surface area contributed by atoms with Crippen LogP contribution >= 0.6 is 23.2 Å². The number of ether oxygens (including phenoxy) is 1. The summed E-state index contributed by atoms with van der Waals surface area (Å²) in [7, 11) is 0. The molecule has 1 aliphatic rings. The Balaban J connectivity index is 1.96. The van der Waals surface area contributed by atoms with Gasteiger partial charge in [0, 0.05) is 12.6 Å². The first-order valence-corrected chi connectivity index (χ1v) is 7.64. The summed E-state index contributed by atoms with van der Waals surface area (Å²) < 4.78 is 5.46. The Kier molecular flexibility index (Phi) is 5.02. The second-order valence-corrected chi connectivity index (χ2v) is 6.58. The molecule has 1 saturated heterocycles. The summed E-state index contributed by atoms with van der Waals surface area (Å²) in [5.74, 6) is 0.363. The van der Waals surface area contributed by atoms with Crippen LogP contribution in [0.25, 0.3) is 0 Å². The Hall–Kier alpha value is -0.970. The van der Waals surface area contributed by atoms with Gasteiger partial charge < -0.3 is 14.7 Å². The lowest BCUT2D eigenvalue weighted by Gasteiger charge is -2.33. The summed E-state index contributed by atoms with van der Waals surface area (Å²) in [6, 6.07) is 4.70. The minimum atomic E-state index is -0.907. The predicted octanol–water partition coefficient (Wildman–Crippen LogP) is 3.13. The van der Waals surface area contributed by atoms with Crippen LogP contribution in [0.2, 0.25) is 10.0 Å². The molecule has 0 spiro atoms. The second kappa shape index (κ2) is 6.42. The van der Waals surface area contributed by atoms with E-state index in [0.29, 0.717) is 22.3 Å². The molecule has 4 nitrogen and oxygen atoms in total. The van der Waals surface area contributed by atoms with E-state index >= 15 is 0 Å². The smallest absolute Gasteiger partial charge is 0.260 e. The number of halogens is 2. The van der Waals surface area contributed by atoms with Gasteiger partial charge in [0.05, 0.1) is 21.7 Å². The lowest BCUT2D eigenvalue weighted by molar-refractivity contribution is -0.138. The Morgan fingerprint density at radius 2 is 2.14 bits per heavy atom. The fraction of sp³-hybridized carbons (Fsp3) is 0.533. The number of likely N-dealkylation sites (tertiary alicyclic amines) is 1. The van der Waals surface area contributed by atoms with Gasteiger partial charge in [0.1, 0.15) is 5.75 Å². The van der Waals surface area contributed by atoms with Gasteiger partial charge in [0.15, 0.2) is 6.61 Å². The van der Waals surface area contributed by atoms with Crippen molar-refractivity contribution in [2.24, 2.45) is 0 Å². The molecule has 1 aromatic carbocycles. The quantitative estimate of drug-likeness (QED) is 0.922. The molecule has 1 aromatic rings. The molecule has 1 heterocycles. The maximum absolute atomic E-state index is 12.3. The average Bonchev–Trinajstić information content (AvgIpc) is 2.89. The van der Waals surface area contributed by atoms with E-state index in [-0.39, 0.29) is 18.6 Å². The number of benzene rings is 1. The topological polar surface area (TPSA) is 49.8 Å². The van der Waals surface area contributed by atoms with Crippen LogP contribution in [0.1, 0.15) is 26.7 Å². The molecule has 0 saturated carbocycles. The Morgan fingerprint density at radius 3 is 2.76 bits per heavy atom. The van der Waals surface area contributed by atoms with Crippen LogP contribution < -0.4 is 4.74 Å². The highest BCUT2D eigenvalue weighted by atomic mass is 35.5. The number of rotatable bonds is 4. The van der Waals surface area contributed by atoms with Gasteiger partial charge >= 0.3 is 0 Å². The number of carbonyl (C=O) groups excluding carboxylic acids is 1. The lowest BCUT2D eigenvalue weighted by atomic mass is 9.97. The number of nitrogens with zero attached hydrogens (tertiary/aromatic N) is 1. The molecule has 0 aliphatic carbocycles. The maximum atomic E-state index is 12.3. The standard InChI is InChI=1S/C15H19Cl2NO3/c1-15(2,20)13-4-3-7-18(13)14(19)9-21-10-5-6-11(16)12(17)8-10/h5-6,8,13,20H,3-4,7,9H2,1-2H3. The first-order chi connectivity index (χ1) is 9.79. The fourth-order valence-electron chi connectivity index (χ4n) is 2.59. The Labute approximate surface area is 134 Å². The third-order valence-corrected chi connectivity index (χ3v) is 4.38. The third-order valence-electron chi connectivity index (χ3n) is 3.64. The van der Waals surface area contributed by atoms with Crippen molar-refractivity contribution in [3.63, 3.8) is 0 Å². The maximum Gasteiger partial charge on any atom is 0.260 e. The molecule has 0 bridgehead atoms. The summed E-state index contributed by atoms with van der Waals surface area (Å²) in [6.45, 7) is 4.02. The summed E-state index contributed by atoms with van der Waals surface area (Å²) in [5.41, 5.74) is -0.907. The van der Waals surface area contributed by atoms with Crippen LogP contribution in [-0.4, -0.2) is 40.7 Å². The van der Waals surface area contributed by atoms with E-state index in [2.05, 4.69) is 0 Å². The number of hydrogen-bond donors (Lipinski definition) is 1. The van der Waals surface area contributed by atoms with Crippen LogP contribution in [0, 0.1) is 0 Å². The van der Waals surface area contributed by atoms with Crippen LogP contribution in [0.5, 0.6) is 5.75 Å². The average molecular weight is 332 g/mol. The molecule has 1 amide bonds. The van der Waals surface area contributed by atoms with Gasteiger partial charge in [-0.3, -0.25) is 4.79 Å². The van der Waals surface area contributed by atoms with E-state index in [4.69, 9.17) is 27.9 Å². The lowest BCUT2D eigenvalue weighted by Crippen LogP contribution is -2.49. The van der Waals surface area contributed by atoms with Crippen molar-refractivity contribution >= 4 is 29.1 Å². The van der Waals surface area contributed by atoms with Crippen LogP contribution in [0.15, 0.2) is 18.2 Å². The Bertz CT molecular complexity index is 528. The minimum Gasteiger partial charge on any atom is -0.484 e. The highest BCUT2D eigenvalue weighted by Crippen LogP contribution is 2.28. The normalized spacial score (nSPS) is 18.9. The van der Waals surface area contributed by atoms with E-state index in [1.165, 1.54) is 0 Å². The molecule has 1 fully saturated rings. The molecule has 0 aromatic heterocycles. The van der Waals surface area contributed by atoms with Crippen molar-refractivity contribution < 1.29 is 14.6 Å². The van der Waals surface area contributed by atoms with Crippen molar-refractivity contribution in [3.05, 3.63) is 28.2 Å². The highest BCUT2D eigenvalue weighted by Gasteiger charge is 2.38. The minimum absolute atomic E-state index is 0.0788. The first kappa shape index (κ1) is 16.4. The molecular formula is C15H19Cl2NO3. The second-order valence-electron chi connectivity index (χ2n) is 5.76. The van der Waals surface area contributed by atoms with E-state index < -0.39 is 5.60 Å². The summed E-state index contributed by atoms with van der Waals surface area (Å²) in [4.78, 5) is 14.0. The molecule has 2 rings (SSSR count). The zero-order chi connectivity index (χ0) is 15.6. The van der Waals surface area contributed by atoms with E-state index in [0.717, 1.165) is 12.8 Å². The predicted molar refractivity (Wildman–Crippen MR) is 83.0 cm³/mol. The van der Waals surface area contributed by atoms with Crippen LogP contribution in [0.4, 0.5) is 0 Å².